The number of hydrogen-bond donors (Lipinski definition) is 2. The molecule has 4 aliphatic rings. The molecule has 3 saturated carbocycles. The van der Waals surface area contributed by atoms with Gasteiger partial charge in [0.15, 0.2) is 6.61 Å². The van der Waals surface area contributed by atoms with Crippen LogP contribution in [0.1, 0.15) is 41.9 Å². The number of halogens is 2. The van der Waals surface area contributed by atoms with Gasteiger partial charge in [0.05, 0.1) is 5.02 Å². The molecular formula is C20H20ClFN4O3. The standard InChI is InChI=1S/C20H20ClFN4O3/c21-14-4-3-13(7-15(14)22)29-8-17(27)23-19-9-20(10-19,11-19)24-18(28)16-6-12-2-1-5-26(12)25-16/h3-4,6-7H,1-2,5,8-11H2,(H,23,27)(H,24,28). The van der Waals surface area contributed by atoms with Gasteiger partial charge in [0.25, 0.3) is 11.8 Å². The molecule has 0 unspecified atom stereocenters. The van der Waals surface area contributed by atoms with Crippen LogP contribution >= 0.6 is 11.6 Å². The summed E-state index contributed by atoms with van der Waals surface area (Å²) < 4.78 is 20.6. The molecule has 0 atom stereocenters. The largest absolute Gasteiger partial charge is 0.484 e. The molecule has 1 aliphatic heterocycles. The number of amides is 2. The molecule has 2 amide bonds. The van der Waals surface area contributed by atoms with Crippen LogP contribution in [0.15, 0.2) is 24.3 Å². The van der Waals surface area contributed by atoms with Crippen molar-refractivity contribution in [2.24, 2.45) is 0 Å². The van der Waals surface area contributed by atoms with E-state index in [0.29, 0.717) is 25.0 Å². The van der Waals surface area contributed by atoms with Gasteiger partial charge >= 0.3 is 0 Å². The zero-order valence-electron chi connectivity index (χ0n) is 15.6. The van der Waals surface area contributed by atoms with Crippen molar-refractivity contribution in [1.82, 2.24) is 20.4 Å². The van der Waals surface area contributed by atoms with E-state index in [9.17, 15) is 14.0 Å². The number of nitrogens with zero attached hydrogens (tertiary/aromatic N) is 2. The van der Waals surface area contributed by atoms with E-state index in [-0.39, 0.29) is 40.3 Å². The van der Waals surface area contributed by atoms with Crippen molar-refractivity contribution in [2.45, 2.75) is 49.7 Å². The minimum absolute atomic E-state index is 0.00293. The zero-order valence-corrected chi connectivity index (χ0v) is 16.4. The first kappa shape index (κ1) is 18.4. The van der Waals surface area contributed by atoms with Gasteiger partial charge in [-0.05, 0) is 50.3 Å². The van der Waals surface area contributed by atoms with Crippen LogP contribution in [0.5, 0.6) is 5.75 Å². The molecule has 2 aromatic rings. The van der Waals surface area contributed by atoms with Gasteiger partial charge in [-0.2, -0.15) is 5.10 Å². The highest BCUT2D eigenvalue weighted by atomic mass is 35.5. The predicted octanol–water partition coefficient (Wildman–Crippen LogP) is 2.22. The van der Waals surface area contributed by atoms with Crippen LogP contribution < -0.4 is 15.4 Å². The molecule has 1 aromatic carbocycles. The zero-order chi connectivity index (χ0) is 20.2. The second-order valence-electron chi connectivity index (χ2n) is 8.31. The summed E-state index contributed by atoms with van der Waals surface area (Å²) in [6, 6.07) is 5.90. The molecule has 1 aromatic heterocycles. The van der Waals surface area contributed by atoms with E-state index in [1.807, 2.05) is 10.7 Å². The molecule has 6 rings (SSSR count). The minimum atomic E-state index is -0.593. The van der Waals surface area contributed by atoms with E-state index in [1.54, 1.807) is 0 Å². The number of nitrogens with one attached hydrogen (secondary N) is 2. The number of carbonyl (C=O) groups is 2. The smallest absolute Gasteiger partial charge is 0.272 e. The molecule has 2 N–H and O–H groups in total. The number of ether oxygens (including phenoxy) is 1. The second-order valence-corrected chi connectivity index (χ2v) is 8.71. The van der Waals surface area contributed by atoms with Gasteiger partial charge in [0.1, 0.15) is 17.3 Å². The second kappa shape index (κ2) is 6.45. The molecule has 3 aliphatic carbocycles. The number of aryl methyl sites for hydroxylation is 2. The molecule has 2 bridgehead atoms. The third-order valence-electron chi connectivity index (χ3n) is 5.97. The summed E-state index contributed by atoms with van der Waals surface area (Å²) >= 11 is 5.62. The number of fused-ring (bicyclic) bond motifs is 1. The third-order valence-corrected chi connectivity index (χ3v) is 6.28. The Hall–Kier alpha value is -2.61. The van der Waals surface area contributed by atoms with Crippen LogP contribution in [0, 0.1) is 5.82 Å². The van der Waals surface area contributed by atoms with E-state index in [0.717, 1.165) is 31.1 Å². The molecule has 3 fully saturated rings. The van der Waals surface area contributed by atoms with Crippen LogP contribution in [0.25, 0.3) is 0 Å². The van der Waals surface area contributed by atoms with E-state index < -0.39 is 5.82 Å². The lowest BCUT2D eigenvalue weighted by atomic mass is 9.44. The Labute approximate surface area is 171 Å². The molecule has 2 heterocycles. The highest BCUT2D eigenvalue weighted by Gasteiger charge is 2.69. The highest BCUT2D eigenvalue weighted by Crippen LogP contribution is 2.60. The summed E-state index contributed by atoms with van der Waals surface area (Å²) in [5, 5.41) is 10.4. The normalized spacial score (nSPS) is 26.1. The molecule has 9 heteroatoms. The molecule has 152 valence electrons. The molecule has 0 saturated heterocycles. The van der Waals surface area contributed by atoms with Gasteiger partial charge < -0.3 is 15.4 Å². The lowest BCUT2D eigenvalue weighted by molar-refractivity contribution is -0.141. The van der Waals surface area contributed by atoms with Crippen molar-refractivity contribution in [3.63, 3.8) is 0 Å². The molecule has 7 nitrogen and oxygen atoms in total. The van der Waals surface area contributed by atoms with Crippen molar-refractivity contribution in [2.75, 3.05) is 6.61 Å². The molecule has 0 spiro atoms. The number of rotatable bonds is 6. The van der Waals surface area contributed by atoms with Crippen molar-refractivity contribution in [3.8, 4) is 5.75 Å². The monoisotopic (exact) mass is 418 g/mol. The highest BCUT2D eigenvalue weighted by molar-refractivity contribution is 6.30. The first-order valence-electron chi connectivity index (χ1n) is 9.64. The maximum absolute atomic E-state index is 13.4. The Morgan fingerprint density at radius 3 is 2.69 bits per heavy atom. The molecule has 29 heavy (non-hydrogen) atoms. The average molecular weight is 419 g/mol. The summed E-state index contributed by atoms with van der Waals surface area (Å²) in [6.45, 7) is 0.663. The van der Waals surface area contributed by atoms with Crippen LogP contribution in [0.3, 0.4) is 0 Å². The fourth-order valence-corrected chi connectivity index (χ4v) is 4.89. The maximum Gasteiger partial charge on any atom is 0.272 e. The Kier molecular flexibility index (Phi) is 4.10. The SMILES string of the molecule is O=C(COc1ccc(Cl)c(F)c1)NC12CC(NC(=O)c3cc4n(n3)CCC4)(C1)C2. The summed E-state index contributed by atoms with van der Waals surface area (Å²) in [5.41, 5.74) is 1.04. The lowest BCUT2D eigenvalue weighted by Crippen LogP contribution is -2.84. The predicted molar refractivity (Wildman–Crippen MR) is 102 cm³/mol. The Morgan fingerprint density at radius 1 is 1.21 bits per heavy atom. The number of aromatic nitrogens is 2. The van der Waals surface area contributed by atoms with Gasteiger partial charge in [0, 0.05) is 29.4 Å². The minimum Gasteiger partial charge on any atom is -0.484 e. The number of carbonyl (C=O) groups excluding carboxylic acids is 2. The van der Waals surface area contributed by atoms with Gasteiger partial charge in [-0.15, -0.1) is 0 Å². The van der Waals surface area contributed by atoms with Gasteiger partial charge in [-0.1, -0.05) is 11.6 Å². The number of hydrogen-bond acceptors (Lipinski definition) is 4. The van der Waals surface area contributed by atoms with Crippen LogP contribution in [0.2, 0.25) is 5.02 Å². The molecule has 0 radical (unpaired) electrons. The summed E-state index contributed by atoms with van der Waals surface area (Å²) in [4.78, 5) is 24.7. The summed E-state index contributed by atoms with van der Waals surface area (Å²) in [5.74, 6) is -0.773. The number of benzene rings is 1. The fraction of sp³-hybridized carbons (Fsp3) is 0.450. The topological polar surface area (TPSA) is 85.3 Å². The Bertz CT molecular complexity index is 980. The van der Waals surface area contributed by atoms with Crippen molar-refractivity contribution < 1.29 is 18.7 Å². The summed E-state index contributed by atoms with van der Waals surface area (Å²) in [7, 11) is 0. The third kappa shape index (κ3) is 3.25. The Balaban J connectivity index is 1.09. The van der Waals surface area contributed by atoms with Crippen molar-refractivity contribution in [3.05, 3.63) is 46.5 Å². The van der Waals surface area contributed by atoms with Crippen LogP contribution in [-0.4, -0.2) is 39.3 Å². The van der Waals surface area contributed by atoms with Crippen molar-refractivity contribution >= 4 is 23.4 Å². The average Bonchev–Trinajstić information content (AvgIpc) is 3.21. The van der Waals surface area contributed by atoms with Gasteiger partial charge in [-0.3, -0.25) is 14.3 Å². The van der Waals surface area contributed by atoms with E-state index in [2.05, 4.69) is 15.7 Å². The molecular weight excluding hydrogens is 399 g/mol. The fourth-order valence-electron chi connectivity index (χ4n) is 4.78. The maximum atomic E-state index is 13.4. The summed E-state index contributed by atoms with van der Waals surface area (Å²) in [6.07, 6.45) is 4.13. The van der Waals surface area contributed by atoms with E-state index in [1.165, 1.54) is 12.1 Å². The quantitative estimate of drug-likeness (QED) is 0.753. The lowest BCUT2D eigenvalue weighted by Gasteiger charge is -2.70. The van der Waals surface area contributed by atoms with E-state index in [4.69, 9.17) is 16.3 Å². The first-order chi connectivity index (χ1) is 13.9. The van der Waals surface area contributed by atoms with Crippen LogP contribution in [-0.2, 0) is 17.8 Å². The first-order valence-corrected chi connectivity index (χ1v) is 10.0. The Morgan fingerprint density at radius 2 is 1.97 bits per heavy atom. The van der Waals surface area contributed by atoms with Crippen molar-refractivity contribution in [1.29, 1.82) is 0 Å². The van der Waals surface area contributed by atoms with E-state index >= 15 is 0 Å². The van der Waals surface area contributed by atoms with Gasteiger partial charge in [-0.25, -0.2) is 4.39 Å². The van der Waals surface area contributed by atoms with Gasteiger partial charge in [0.2, 0.25) is 0 Å². The van der Waals surface area contributed by atoms with Crippen LogP contribution in [0.4, 0.5) is 4.39 Å².